The molecule has 3 nitrogen and oxygen atoms in total. The third kappa shape index (κ3) is 4.34. The zero-order valence-electron chi connectivity index (χ0n) is 13.6. The molecule has 1 aliphatic heterocycles. The summed E-state index contributed by atoms with van der Waals surface area (Å²) in [5.74, 6) is 0.906. The summed E-state index contributed by atoms with van der Waals surface area (Å²) >= 11 is 0. The van der Waals surface area contributed by atoms with Crippen LogP contribution in [0.15, 0.2) is 54.6 Å². The molecule has 2 atom stereocenters. The van der Waals surface area contributed by atoms with E-state index >= 15 is 0 Å². The first-order valence-corrected chi connectivity index (χ1v) is 8.27. The van der Waals surface area contributed by atoms with Gasteiger partial charge in [0.1, 0.15) is 5.75 Å². The fraction of sp³-hybridized carbons (Fsp3) is 0.400. The predicted octanol–water partition coefficient (Wildman–Crippen LogP) is 4.52. The highest BCUT2D eigenvalue weighted by molar-refractivity contribution is 5.35. The van der Waals surface area contributed by atoms with Crippen molar-refractivity contribution in [2.45, 2.75) is 38.1 Å². The zero-order valence-corrected chi connectivity index (χ0v) is 13.6. The van der Waals surface area contributed by atoms with Gasteiger partial charge in [0.2, 0.25) is 0 Å². The van der Waals surface area contributed by atoms with Crippen LogP contribution in [0.2, 0.25) is 0 Å². The van der Waals surface area contributed by atoms with Gasteiger partial charge >= 0.3 is 0 Å². The lowest BCUT2D eigenvalue weighted by Crippen LogP contribution is -2.27. The maximum Gasteiger partial charge on any atom is 0.124 e. The Bertz CT molecular complexity index is 597. The molecule has 3 rings (SSSR count). The van der Waals surface area contributed by atoms with E-state index in [0.29, 0.717) is 13.2 Å². The molecule has 0 aliphatic carbocycles. The predicted molar refractivity (Wildman–Crippen MR) is 90.6 cm³/mol. The van der Waals surface area contributed by atoms with Crippen LogP contribution < -0.4 is 4.74 Å². The molecule has 0 radical (unpaired) electrons. The Labute approximate surface area is 138 Å². The van der Waals surface area contributed by atoms with Gasteiger partial charge in [-0.25, -0.2) is 0 Å². The van der Waals surface area contributed by atoms with E-state index in [0.717, 1.165) is 30.6 Å². The second-order valence-corrected chi connectivity index (χ2v) is 5.92. The molecule has 1 fully saturated rings. The van der Waals surface area contributed by atoms with E-state index in [1.807, 2.05) is 36.4 Å². The van der Waals surface area contributed by atoms with Crippen molar-refractivity contribution in [2.24, 2.45) is 0 Å². The highest BCUT2D eigenvalue weighted by Gasteiger charge is 2.25. The molecule has 0 amide bonds. The zero-order chi connectivity index (χ0) is 15.9. The van der Waals surface area contributed by atoms with Gasteiger partial charge in [0.25, 0.3) is 0 Å². The van der Waals surface area contributed by atoms with E-state index in [9.17, 15) is 0 Å². The summed E-state index contributed by atoms with van der Waals surface area (Å²) in [4.78, 5) is 0. The molecular weight excluding hydrogens is 288 g/mol. The van der Waals surface area contributed by atoms with Crippen LogP contribution in [-0.4, -0.2) is 19.8 Å². The Hall–Kier alpha value is -1.84. The van der Waals surface area contributed by atoms with Crippen LogP contribution in [0, 0.1) is 0 Å². The number of hydrogen-bond donors (Lipinski definition) is 0. The van der Waals surface area contributed by atoms with Crippen molar-refractivity contribution < 1.29 is 14.2 Å². The largest absolute Gasteiger partial charge is 0.496 e. The minimum atomic E-state index is 0.102. The monoisotopic (exact) mass is 312 g/mol. The van der Waals surface area contributed by atoms with E-state index in [1.165, 1.54) is 5.56 Å². The van der Waals surface area contributed by atoms with Crippen LogP contribution in [-0.2, 0) is 16.1 Å². The standard InChI is InChI=1S/C20H24O3/c1-21-19-12-6-5-11-18(19)20-13-7-10-17(23-20)15-22-14-16-8-3-2-4-9-16/h2-6,8-9,11-12,17,20H,7,10,13-15H2,1H3/t17-,20?/m0/s1. The summed E-state index contributed by atoms with van der Waals surface area (Å²) in [7, 11) is 1.71. The second kappa shape index (κ2) is 8.14. The van der Waals surface area contributed by atoms with Gasteiger partial charge in [-0.2, -0.15) is 0 Å². The molecule has 122 valence electrons. The topological polar surface area (TPSA) is 27.7 Å². The number of methoxy groups -OCH3 is 1. The fourth-order valence-electron chi connectivity index (χ4n) is 3.07. The van der Waals surface area contributed by atoms with Crippen molar-refractivity contribution in [3.63, 3.8) is 0 Å². The van der Waals surface area contributed by atoms with Crippen molar-refractivity contribution in [3.05, 3.63) is 65.7 Å². The third-order valence-electron chi connectivity index (χ3n) is 4.25. The first-order valence-electron chi connectivity index (χ1n) is 8.27. The average molecular weight is 312 g/mol. The van der Waals surface area contributed by atoms with Crippen molar-refractivity contribution in [3.8, 4) is 5.75 Å². The molecule has 1 saturated heterocycles. The highest BCUT2D eigenvalue weighted by Crippen LogP contribution is 2.36. The quantitative estimate of drug-likeness (QED) is 0.785. The molecule has 2 aromatic carbocycles. The SMILES string of the molecule is COc1ccccc1C1CCC[C@@H](COCc2ccccc2)O1. The molecular formula is C20H24O3. The highest BCUT2D eigenvalue weighted by atomic mass is 16.5. The molecule has 1 aliphatic rings. The molecule has 0 aromatic heterocycles. The molecule has 0 bridgehead atoms. The van der Waals surface area contributed by atoms with Crippen LogP contribution in [0.5, 0.6) is 5.75 Å². The number of ether oxygens (including phenoxy) is 3. The molecule has 1 heterocycles. The fourth-order valence-corrected chi connectivity index (χ4v) is 3.07. The summed E-state index contributed by atoms with van der Waals surface area (Å²) in [5.41, 5.74) is 2.34. The molecule has 0 saturated carbocycles. The van der Waals surface area contributed by atoms with Gasteiger partial charge < -0.3 is 14.2 Å². The lowest BCUT2D eigenvalue weighted by molar-refractivity contribution is -0.0910. The summed E-state index contributed by atoms with van der Waals surface area (Å²) in [6.07, 6.45) is 3.51. The maximum atomic E-state index is 6.25. The Morgan fingerprint density at radius 3 is 2.61 bits per heavy atom. The average Bonchev–Trinajstić information content (AvgIpc) is 2.63. The summed E-state index contributed by atoms with van der Waals surface area (Å²) in [6.45, 7) is 1.28. The van der Waals surface area contributed by atoms with Crippen molar-refractivity contribution in [1.82, 2.24) is 0 Å². The van der Waals surface area contributed by atoms with Gasteiger partial charge in [0.15, 0.2) is 0 Å². The minimum Gasteiger partial charge on any atom is -0.496 e. The number of hydrogen-bond acceptors (Lipinski definition) is 3. The Balaban J connectivity index is 1.54. The van der Waals surface area contributed by atoms with Crippen LogP contribution in [0.3, 0.4) is 0 Å². The van der Waals surface area contributed by atoms with Crippen LogP contribution in [0.4, 0.5) is 0 Å². The molecule has 0 N–H and O–H groups in total. The lowest BCUT2D eigenvalue weighted by Gasteiger charge is -2.31. The Morgan fingerprint density at radius 1 is 1.00 bits per heavy atom. The van der Waals surface area contributed by atoms with Gasteiger partial charge in [0.05, 0.1) is 32.5 Å². The van der Waals surface area contributed by atoms with Crippen LogP contribution in [0.1, 0.15) is 36.5 Å². The van der Waals surface area contributed by atoms with Crippen LogP contribution in [0.25, 0.3) is 0 Å². The first kappa shape index (κ1) is 16.0. The van der Waals surface area contributed by atoms with Gasteiger partial charge in [-0.15, -0.1) is 0 Å². The number of benzene rings is 2. The lowest BCUT2D eigenvalue weighted by atomic mass is 9.98. The van der Waals surface area contributed by atoms with Crippen molar-refractivity contribution in [1.29, 1.82) is 0 Å². The number of rotatable bonds is 6. The maximum absolute atomic E-state index is 6.25. The van der Waals surface area contributed by atoms with Gasteiger partial charge in [0, 0.05) is 5.56 Å². The van der Waals surface area contributed by atoms with E-state index in [1.54, 1.807) is 7.11 Å². The molecule has 3 heteroatoms. The van der Waals surface area contributed by atoms with E-state index in [4.69, 9.17) is 14.2 Å². The van der Waals surface area contributed by atoms with Crippen LogP contribution >= 0.6 is 0 Å². The normalized spacial score (nSPS) is 21.1. The summed E-state index contributed by atoms with van der Waals surface area (Å²) in [6, 6.07) is 18.4. The molecule has 0 spiro atoms. The molecule has 23 heavy (non-hydrogen) atoms. The molecule has 1 unspecified atom stereocenters. The van der Waals surface area contributed by atoms with Gasteiger partial charge in [-0.05, 0) is 30.9 Å². The Kier molecular flexibility index (Phi) is 5.67. The second-order valence-electron chi connectivity index (χ2n) is 5.92. The van der Waals surface area contributed by atoms with Gasteiger partial charge in [-0.1, -0.05) is 48.5 Å². The summed E-state index contributed by atoms with van der Waals surface area (Å²) in [5, 5.41) is 0. The summed E-state index contributed by atoms with van der Waals surface area (Å²) < 4.78 is 17.6. The molecule has 2 aromatic rings. The minimum absolute atomic E-state index is 0.102. The first-order chi connectivity index (χ1) is 11.4. The smallest absolute Gasteiger partial charge is 0.124 e. The number of para-hydroxylation sites is 1. The van der Waals surface area contributed by atoms with Gasteiger partial charge in [-0.3, -0.25) is 0 Å². The van der Waals surface area contributed by atoms with E-state index in [2.05, 4.69) is 18.2 Å². The third-order valence-corrected chi connectivity index (χ3v) is 4.25. The van der Waals surface area contributed by atoms with E-state index < -0.39 is 0 Å². The Morgan fingerprint density at radius 2 is 1.78 bits per heavy atom. The van der Waals surface area contributed by atoms with E-state index in [-0.39, 0.29) is 12.2 Å². The van der Waals surface area contributed by atoms with Crippen molar-refractivity contribution in [2.75, 3.05) is 13.7 Å². The van der Waals surface area contributed by atoms with Crippen molar-refractivity contribution >= 4 is 0 Å².